The second kappa shape index (κ2) is 4.17. The van der Waals surface area contributed by atoms with Crippen molar-refractivity contribution in [2.45, 2.75) is 6.92 Å². The molecular formula is C8H11BrClN3. The molecule has 72 valence electrons. The molecule has 0 aliphatic heterocycles. The average molecular weight is 265 g/mol. The lowest BCUT2D eigenvalue weighted by atomic mass is 10.2. The minimum Gasteiger partial charge on any atom is -0.396 e. The molecule has 0 fully saturated rings. The van der Waals surface area contributed by atoms with Gasteiger partial charge < -0.3 is 10.7 Å². The number of hydrogen-bond acceptors (Lipinski definition) is 3. The van der Waals surface area contributed by atoms with Crippen LogP contribution in [-0.4, -0.2) is 6.54 Å². The monoisotopic (exact) mass is 263 g/mol. The van der Waals surface area contributed by atoms with Crippen molar-refractivity contribution in [3.63, 3.8) is 0 Å². The van der Waals surface area contributed by atoms with E-state index in [0.717, 1.165) is 10.2 Å². The summed E-state index contributed by atoms with van der Waals surface area (Å²) in [6.45, 7) is 2.62. The Morgan fingerprint density at radius 2 is 2.15 bits per heavy atom. The van der Waals surface area contributed by atoms with Gasteiger partial charge in [0.1, 0.15) is 0 Å². The molecule has 1 aromatic carbocycles. The van der Waals surface area contributed by atoms with Crippen molar-refractivity contribution in [2.75, 3.05) is 17.3 Å². The maximum Gasteiger partial charge on any atom is 0.0799 e. The fourth-order valence-corrected chi connectivity index (χ4v) is 1.48. The molecule has 0 atom stereocenters. The number of halogens is 2. The van der Waals surface area contributed by atoms with Crippen LogP contribution in [0, 0.1) is 0 Å². The highest BCUT2D eigenvalue weighted by Crippen LogP contribution is 2.34. The SMILES string of the molecule is CCN(N)c1ccc(Br)c(Cl)c1N. The van der Waals surface area contributed by atoms with Crippen molar-refractivity contribution in [3.8, 4) is 0 Å². The van der Waals surface area contributed by atoms with Crippen molar-refractivity contribution in [1.29, 1.82) is 0 Å². The lowest BCUT2D eigenvalue weighted by molar-refractivity contribution is 0.893. The minimum atomic E-state index is 0.500. The molecule has 0 aliphatic carbocycles. The molecule has 0 unspecified atom stereocenters. The molecule has 0 bridgehead atoms. The van der Waals surface area contributed by atoms with Gasteiger partial charge in [0.15, 0.2) is 0 Å². The lowest BCUT2D eigenvalue weighted by Gasteiger charge is -2.19. The first-order valence-corrected chi connectivity index (χ1v) is 5.00. The van der Waals surface area contributed by atoms with Gasteiger partial charge in [-0.15, -0.1) is 0 Å². The zero-order chi connectivity index (χ0) is 10.0. The Balaban J connectivity index is 3.18. The van der Waals surface area contributed by atoms with E-state index in [-0.39, 0.29) is 0 Å². The molecule has 3 nitrogen and oxygen atoms in total. The topological polar surface area (TPSA) is 55.3 Å². The van der Waals surface area contributed by atoms with E-state index in [1.165, 1.54) is 0 Å². The summed E-state index contributed by atoms with van der Waals surface area (Å²) in [7, 11) is 0. The summed E-state index contributed by atoms with van der Waals surface area (Å²) in [5.41, 5.74) is 7.02. The van der Waals surface area contributed by atoms with Crippen LogP contribution >= 0.6 is 27.5 Å². The number of nitrogen functional groups attached to an aromatic ring is 1. The van der Waals surface area contributed by atoms with Gasteiger partial charge in [-0.05, 0) is 35.0 Å². The van der Waals surface area contributed by atoms with Crippen LogP contribution in [0.1, 0.15) is 6.92 Å². The molecule has 0 aromatic heterocycles. The molecule has 4 N–H and O–H groups in total. The first-order chi connectivity index (χ1) is 6.07. The number of nitrogens with zero attached hydrogens (tertiary/aromatic N) is 1. The van der Waals surface area contributed by atoms with Crippen molar-refractivity contribution in [2.24, 2.45) is 5.84 Å². The summed E-state index contributed by atoms with van der Waals surface area (Å²) < 4.78 is 0.778. The van der Waals surface area contributed by atoms with Crippen LogP contribution in [-0.2, 0) is 0 Å². The first kappa shape index (κ1) is 10.6. The Kier molecular flexibility index (Phi) is 3.41. The number of hydrazine groups is 1. The Bertz CT molecular complexity index is 317. The van der Waals surface area contributed by atoms with Gasteiger partial charge in [-0.25, -0.2) is 5.84 Å². The van der Waals surface area contributed by atoms with Gasteiger partial charge in [0.05, 0.1) is 16.4 Å². The molecule has 13 heavy (non-hydrogen) atoms. The number of rotatable bonds is 2. The van der Waals surface area contributed by atoms with Gasteiger partial charge in [-0.3, -0.25) is 0 Å². The van der Waals surface area contributed by atoms with Crippen LogP contribution in [0.5, 0.6) is 0 Å². The molecule has 1 rings (SSSR count). The quantitative estimate of drug-likeness (QED) is 0.490. The maximum absolute atomic E-state index is 5.93. The van der Waals surface area contributed by atoms with Gasteiger partial charge >= 0.3 is 0 Å². The summed E-state index contributed by atoms with van der Waals surface area (Å²) in [6.07, 6.45) is 0. The van der Waals surface area contributed by atoms with E-state index in [4.69, 9.17) is 23.2 Å². The Hall–Kier alpha value is -0.450. The molecule has 0 heterocycles. The van der Waals surface area contributed by atoms with Gasteiger partial charge in [0.2, 0.25) is 0 Å². The number of benzene rings is 1. The van der Waals surface area contributed by atoms with E-state index in [0.29, 0.717) is 17.3 Å². The third kappa shape index (κ3) is 2.07. The molecule has 5 heteroatoms. The van der Waals surface area contributed by atoms with Crippen LogP contribution in [0.3, 0.4) is 0 Å². The van der Waals surface area contributed by atoms with Gasteiger partial charge in [-0.1, -0.05) is 11.6 Å². The van der Waals surface area contributed by atoms with E-state index in [9.17, 15) is 0 Å². The van der Waals surface area contributed by atoms with E-state index in [2.05, 4.69) is 15.9 Å². The third-order valence-electron chi connectivity index (χ3n) is 1.76. The highest BCUT2D eigenvalue weighted by Gasteiger charge is 2.09. The van der Waals surface area contributed by atoms with Crippen LogP contribution in [0.25, 0.3) is 0 Å². The zero-order valence-electron chi connectivity index (χ0n) is 7.22. The number of nitrogens with two attached hydrogens (primary N) is 2. The third-order valence-corrected chi connectivity index (χ3v) is 3.06. The van der Waals surface area contributed by atoms with E-state index < -0.39 is 0 Å². The van der Waals surface area contributed by atoms with Crippen LogP contribution < -0.4 is 16.6 Å². The average Bonchev–Trinajstić information content (AvgIpc) is 2.13. The summed E-state index contributed by atoms with van der Waals surface area (Å²) >= 11 is 9.21. The molecule has 0 radical (unpaired) electrons. The van der Waals surface area contributed by atoms with Crippen LogP contribution in [0.2, 0.25) is 5.02 Å². The fourth-order valence-electron chi connectivity index (χ4n) is 0.977. The van der Waals surface area contributed by atoms with E-state index >= 15 is 0 Å². The van der Waals surface area contributed by atoms with Crippen molar-refractivity contribution >= 4 is 38.9 Å². The maximum atomic E-state index is 5.93. The van der Waals surface area contributed by atoms with Crippen molar-refractivity contribution in [3.05, 3.63) is 21.6 Å². The van der Waals surface area contributed by atoms with E-state index in [1.807, 2.05) is 19.1 Å². The molecule has 1 aromatic rings. The summed E-state index contributed by atoms with van der Waals surface area (Å²) in [4.78, 5) is 0. The first-order valence-electron chi connectivity index (χ1n) is 3.83. The largest absolute Gasteiger partial charge is 0.396 e. The molecule has 0 saturated carbocycles. The van der Waals surface area contributed by atoms with E-state index in [1.54, 1.807) is 5.01 Å². The summed E-state index contributed by atoms with van der Waals surface area (Å²) in [5, 5.41) is 2.05. The fraction of sp³-hybridized carbons (Fsp3) is 0.250. The second-order valence-electron chi connectivity index (χ2n) is 2.58. The second-order valence-corrected chi connectivity index (χ2v) is 3.81. The predicted octanol–water partition coefficient (Wildman–Crippen LogP) is 2.38. The molecular weight excluding hydrogens is 253 g/mol. The smallest absolute Gasteiger partial charge is 0.0799 e. The van der Waals surface area contributed by atoms with Crippen molar-refractivity contribution in [1.82, 2.24) is 0 Å². The lowest BCUT2D eigenvalue weighted by Crippen LogP contribution is -2.30. The van der Waals surface area contributed by atoms with Gasteiger partial charge in [-0.2, -0.15) is 0 Å². The van der Waals surface area contributed by atoms with Gasteiger partial charge in [0.25, 0.3) is 0 Å². The Morgan fingerprint density at radius 1 is 1.54 bits per heavy atom. The zero-order valence-corrected chi connectivity index (χ0v) is 9.56. The minimum absolute atomic E-state index is 0.500. The van der Waals surface area contributed by atoms with Crippen LogP contribution in [0.4, 0.5) is 11.4 Å². The standard InChI is InChI=1S/C8H11BrClN3/c1-2-13(12)6-4-3-5(9)7(10)8(6)11/h3-4H,2,11-12H2,1H3. The number of hydrogen-bond donors (Lipinski definition) is 2. The summed E-state index contributed by atoms with van der Waals surface area (Å²) in [6, 6.07) is 3.65. The Labute approximate surface area is 90.7 Å². The normalized spacial score (nSPS) is 10.2. The van der Waals surface area contributed by atoms with Crippen LogP contribution in [0.15, 0.2) is 16.6 Å². The highest BCUT2D eigenvalue weighted by molar-refractivity contribution is 9.10. The van der Waals surface area contributed by atoms with Crippen molar-refractivity contribution < 1.29 is 0 Å². The number of anilines is 2. The molecule has 0 spiro atoms. The Morgan fingerprint density at radius 3 is 2.69 bits per heavy atom. The molecule has 0 saturated heterocycles. The highest BCUT2D eigenvalue weighted by atomic mass is 79.9. The predicted molar refractivity (Wildman–Crippen MR) is 60.8 cm³/mol. The molecule has 0 amide bonds. The molecule has 0 aliphatic rings. The summed E-state index contributed by atoms with van der Waals surface area (Å²) in [5.74, 6) is 5.69. The van der Waals surface area contributed by atoms with Gasteiger partial charge in [0, 0.05) is 11.0 Å².